The number of hydrogen-bond donors (Lipinski definition) is 2. The number of phenolic OH excluding ortho intramolecular Hbond substituents is 1. The van der Waals surface area contributed by atoms with Gasteiger partial charge >= 0.3 is 0 Å². The Labute approximate surface area is 77.5 Å². The predicted octanol–water partition coefficient (Wildman–Crippen LogP) is 2.16. The summed E-state index contributed by atoms with van der Waals surface area (Å²) in [5, 5.41) is 17.8. The molecule has 0 atom stereocenters. The fourth-order valence-corrected chi connectivity index (χ4v) is 1.58. The highest BCUT2D eigenvalue weighted by Gasteiger charge is 2.03. The van der Waals surface area contributed by atoms with Crippen molar-refractivity contribution in [2.75, 3.05) is 0 Å². The van der Waals surface area contributed by atoms with Crippen LogP contribution >= 0.6 is 15.9 Å². The number of aromatic amines is 1. The SMILES string of the molecule is Oc1ccc2n[nH]c(CBr)c2c1. The van der Waals surface area contributed by atoms with Gasteiger partial charge in [-0.1, -0.05) is 15.9 Å². The summed E-state index contributed by atoms with van der Waals surface area (Å²) < 4.78 is 0. The Balaban J connectivity index is 2.75. The molecule has 0 spiro atoms. The summed E-state index contributed by atoms with van der Waals surface area (Å²) in [5.41, 5.74) is 1.86. The molecule has 1 aromatic carbocycles. The van der Waals surface area contributed by atoms with E-state index < -0.39 is 0 Å². The Morgan fingerprint density at radius 2 is 2.33 bits per heavy atom. The molecule has 0 aliphatic heterocycles. The molecule has 1 aromatic heterocycles. The number of H-pyrrole nitrogens is 1. The van der Waals surface area contributed by atoms with Crippen LogP contribution in [0.4, 0.5) is 0 Å². The van der Waals surface area contributed by atoms with Crippen molar-refractivity contribution in [2.45, 2.75) is 5.33 Å². The van der Waals surface area contributed by atoms with Crippen LogP contribution in [0.1, 0.15) is 5.69 Å². The van der Waals surface area contributed by atoms with Gasteiger partial charge in [0.25, 0.3) is 0 Å². The van der Waals surface area contributed by atoms with E-state index in [1.807, 2.05) is 0 Å². The minimum absolute atomic E-state index is 0.270. The summed E-state index contributed by atoms with van der Waals surface area (Å²) in [6, 6.07) is 5.12. The first-order chi connectivity index (χ1) is 5.81. The zero-order chi connectivity index (χ0) is 8.55. The number of hydrogen-bond acceptors (Lipinski definition) is 2. The van der Waals surface area contributed by atoms with Gasteiger partial charge in [0, 0.05) is 10.7 Å². The molecule has 0 aliphatic rings. The van der Waals surface area contributed by atoms with Crippen LogP contribution in [0.3, 0.4) is 0 Å². The Hall–Kier alpha value is -1.03. The summed E-state index contributed by atoms with van der Waals surface area (Å²) in [6.07, 6.45) is 0. The molecule has 12 heavy (non-hydrogen) atoms. The van der Waals surface area contributed by atoms with E-state index in [4.69, 9.17) is 0 Å². The van der Waals surface area contributed by atoms with Gasteiger partial charge in [-0.15, -0.1) is 0 Å². The van der Waals surface area contributed by atoms with Crippen molar-refractivity contribution in [1.82, 2.24) is 10.2 Å². The molecule has 0 aliphatic carbocycles. The molecule has 0 saturated heterocycles. The second kappa shape index (κ2) is 2.79. The van der Waals surface area contributed by atoms with Crippen LogP contribution in [0.2, 0.25) is 0 Å². The minimum Gasteiger partial charge on any atom is -0.508 e. The molecule has 0 bridgehead atoms. The first kappa shape index (κ1) is 7.61. The number of rotatable bonds is 1. The van der Waals surface area contributed by atoms with Gasteiger partial charge in [-0.2, -0.15) is 5.10 Å². The number of benzene rings is 1. The average Bonchev–Trinajstić information content (AvgIpc) is 2.46. The maximum Gasteiger partial charge on any atom is 0.116 e. The van der Waals surface area contributed by atoms with Crippen LogP contribution in [-0.2, 0) is 5.33 Å². The fraction of sp³-hybridized carbons (Fsp3) is 0.125. The lowest BCUT2D eigenvalue weighted by Gasteiger charge is -1.92. The summed E-state index contributed by atoms with van der Waals surface area (Å²) >= 11 is 3.33. The van der Waals surface area contributed by atoms with Crippen molar-refractivity contribution in [2.24, 2.45) is 0 Å². The molecule has 1 heterocycles. The van der Waals surface area contributed by atoms with Crippen molar-refractivity contribution in [3.8, 4) is 5.75 Å². The summed E-state index contributed by atoms with van der Waals surface area (Å²) in [4.78, 5) is 0. The molecule has 4 heteroatoms. The van der Waals surface area contributed by atoms with E-state index in [0.717, 1.165) is 16.6 Å². The van der Waals surface area contributed by atoms with Crippen molar-refractivity contribution in [1.29, 1.82) is 0 Å². The Morgan fingerprint density at radius 3 is 3.08 bits per heavy atom. The third kappa shape index (κ3) is 1.08. The van der Waals surface area contributed by atoms with Gasteiger partial charge in [0.1, 0.15) is 5.75 Å². The second-order valence-electron chi connectivity index (χ2n) is 2.54. The van der Waals surface area contributed by atoms with Gasteiger partial charge in [-0.3, -0.25) is 5.10 Å². The van der Waals surface area contributed by atoms with Crippen LogP contribution in [0.5, 0.6) is 5.75 Å². The van der Waals surface area contributed by atoms with Crippen molar-refractivity contribution in [3.05, 3.63) is 23.9 Å². The molecular weight excluding hydrogens is 220 g/mol. The third-order valence-corrected chi connectivity index (χ3v) is 2.31. The van der Waals surface area contributed by atoms with Crippen LogP contribution in [0.15, 0.2) is 18.2 Å². The lowest BCUT2D eigenvalue weighted by molar-refractivity contribution is 0.476. The summed E-state index contributed by atoms with van der Waals surface area (Å²) in [7, 11) is 0. The fourth-order valence-electron chi connectivity index (χ4n) is 1.15. The molecule has 0 radical (unpaired) electrons. The smallest absolute Gasteiger partial charge is 0.116 e. The number of alkyl halides is 1. The zero-order valence-corrected chi connectivity index (χ0v) is 7.80. The molecule has 2 rings (SSSR count). The summed E-state index contributed by atoms with van der Waals surface area (Å²) in [5.74, 6) is 0.270. The van der Waals surface area contributed by atoms with Crippen molar-refractivity contribution in [3.63, 3.8) is 0 Å². The monoisotopic (exact) mass is 226 g/mol. The Kier molecular flexibility index (Phi) is 1.77. The van der Waals surface area contributed by atoms with Crippen molar-refractivity contribution < 1.29 is 5.11 Å². The van der Waals surface area contributed by atoms with E-state index >= 15 is 0 Å². The number of nitrogens with one attached hydrogen (secondary N) is 1. The Morgan fingerprint density at radius 1 is 1.50 bits per heavy atom. The first-order valence-corrected chi connectivity index (χ1v) is 4.65. The van der Waals surface area contributed by atoms with E-state index in [0.29, 0.717) is 5.33 Å². The van der Waals surface area contributed by atoms with Gasteiger partial charge in [0.2, 0.25) is 0 Å². The topological polar surface area (TPSA) is 48.9 Å². The Bertz CT molecular complexity index is 410. The maximum atomic E-state index is 9.21. The van der Waals surface area contributed by atoms with E-state index in [-0.39, 0.29) is 5.75 Å². The second-order valence-corrected chi connectivity index (χ2v) is 3.10. The molecule has 0 saturated carbocycles. The van der Waals surface area contributed by atoms with E-state index in [1.165, 1.54) is 0 Å². The highest BCUT2D eigenvalue weighted by molar-refractivity contribution is 9.08. The number of aromatic hydroxyl groups is 1. The molecule has 62 valence electrons. The highest BCUT2D eigenvalue weighted by Crippen LogP contribution is 2.22. The predicted molar refractivity (Wildman–Crippen MR) is 50.4 cm³/mol. The quantitative estimate of drug-likeness (QED) is 0.733. The molecule has 0 fully saturated rings. The third-order valence-electron chi connectivity index (χ3n) is 1.75. The number of halogens is 1. The number of fused-ring (bicyclic) bond motifs is 1. The van der Waals surface area contributed by atoms with E-state index in [2.05, 4.69) is 26.1 Å². The molecule has 0 unspecified atom stereocenters. The highest BCUT2D eigenvalue weighted by atomic mass is 79.9. The van der Waals surface area contributed by atoms with Gasteiger partial charge in [0.05, 0.1) is 11.2 Å². The van der Waals surface area contributed by atoms with Gasteiger partial charge in [0.15, 0.2) is 0 Å². The van der Waals surface area contributed by atoms with E-state index in [9.17, 15) is 5.11 Å². The molecule has 2 N–H and O–H groups in total. The largest absolute Gasteiger partial charge is 0.508 e. The average molecular weight is 227 g/mol. The van der Waals surface area contributed by atoms with Crippen LogP contribution in [-0.4, -0.2) is 15.3 Å². The maximum absolute atomic E-state index is 9.21. The molecule has 2 aromatic rings. The zero-order valence-electron chi connectivity index (χ0n) is 6.21. The van der Waals surface area contributed by atoms with Crippen molar-refractivity contribution >= 4 is 26.8 Å². The van der Waals surface area contributed by atoms with Crippen LogP contribution < -0.4 is 0 Å². The molecule has 0 amide bonds. The number of phenols is 1. The van der Waals surface area contributed by atoms with Crippen LogP contribution in [0, 0.1) is 0 Å². The summed E-state index contributed by atoms with van der Waals surface area (Å²) in [6.45, 7) is 0. The lowest BCUT2D eigenvalue weighted by atomic mass is 10.2. The van der Waals surface area contributed by atoms with Gasteiger partial charge < -0.3 is 5.11 Å². The molecule has 3 nitrogen and oxygen atoms in total. The van der Waals surface area contributed by atoms with Gasteiger partial charge in [-0.05, 0) is 18.2 Å². The standard InChI is InChI=1S/C8H7BrN2O/c9-4-8-6-3-5(12)1-2-7(6)10-11-8/h1-3,12H,4H2,(H,10,11). The number of nitrogens with zero attached hydrogens (tertiary/aromatic N) is 1. The normalized spacial score (nSPS) is 10.8. The first-order valence-electron chi connectivity index (χ1n) is 3.53. The van der Waals surface area contributed by atoms with E-state index in [1.54, 1.807) is 18.2 Å². The minimum atomic E-state index is 0.270. The molecular formula is C8H7BrN2O. The van der Waals surface area contributed by atoms with Crippen LogP contribution in [0.25, 0.3) is 10.9 Å². The van der Waals surface area contributed by atoms with Gasteiger partial charge in [-0.25, -0.2) is 0 Å². The number of aromatic nitrogens is 2. The lowest BCUT2D eigenvalue weighted by Crippen LogP contribution is -1.75.